The third-order valence-corrected chi connectivity index (χ3v) is 7.85. The molecule has 2 N–H and O–H groups in total. The van der Waals surface area contributed by atoms with Gasteiger partial charge in [0.1, 0.15) is 6.33 Å². The van der Waals surface area contributed by atoms with Gasteiger partial charge in [-0.05, 0) is 68.4 Å². The van der Waals surface area contributed by atoms with Gasteiger partial charge >= 0.3 is 18.0 Å². The summed E-state index contributed by atoms with van der Waals surface area (Å²) < 4.78 is 87.8. The fraction of sp³-hybridized carbons (Fsp3) is 0.481. The summed E-state index contributed by atoms with van der Waals surface area (Å²) in [4.78, 5) is 12.4. The maximum absolute atomic E-state index is 13.4. The molecule has 1 aliphatic carbocycles. The van der Waals surface area contributed by atoms with Gasteiger partial charge in [0.15, 0.2) is 0 Å². The van der Waals surface area contributed by atoms with Crippen LogP contribution in [0.25, 0.3) is 0 Å². The van der Waals surface area contributed by atoms with Crippen molar-refractivity contribution in [2.75, 3.05) is 13.2 Å². The van der Waals surface area contributed by atoms with Gasteiger partial charge in [0.25, 0.3) is 0 Å². The van der Waals surface area contributed by atoms with Gasteiger partial charge in [-0.25, -0.2) is 9.89 Å². The smallest absolute Gasteiger partial charge is 0.396 e. The highest BCUT2D eigenvalue weighted by Crippen LogP contribution is 2.48. The van der Waals surface area contributed by atoms with Gasteiger partial charge in [0.05, 0.1) is 29.4 Å². The molecule has 0 aliphatic heterocycles. The lowest BCUT2D eigenvalue weighted by Gasteiger charge is -2.47. The van der Waals surface area contributed by atoms with E-state index in [9.17, 15) is 36.2 Å². The van der Waals surface area contributed by atoms with E-state index in [1.54, 1.807) is 0 Å². The standard InChI is InChI=1S/C27H29F6N3O3/c1-18(19-13-21(26(28,29)30)15-22(14-19)27(31,32)33)39-16-24(20-5-3-2-4-6-20)7-9-25(10-8-24,11-12-37)36-17-34-35-23(36)38/h2-6,13-15,17-18,37H,7-12,16H2,1H3,(H,35,38)/t18-,24-,25+/m1/s1. The molecule has 0 saturated heterocycles. The molecule has 0 bridgehead atoms. The van der Waals surface area contributed by atoms with Gasteiger partial charge in [-0.15, -0.1) is 0 Å². The van der Waals surface area contributed by atoms with Crippen LogP contribution in [0.4, 0.5) is 26.3 Å². The second kappa shape index (κ2) is 10.8. The van der Waals surface area contributed by atoms with Crippen LogP contribution in [0.2, 0.25) is 0 Å². The number of rotatable bonds is 8. The maximum atomic E-state index is 13.4. The Bertz CT molecular complexity index is 1280. The number of ether oxygens (including phenoxy) is 1. The SMILES string of the molecule is C[C@@H](OC[C@]1(c2ccccc2)CC[C@@](CCO)(n2cn[nH]c2=O)CC1)c1cc(C(F)(F)F)cc(C(F)(F)F)c1. The lowest BCUT2D eigenvalue weighted by Crippen LogP contribution is -2.48. The normalized spacial score (nSPS) is 23.1. The van der Waals surface area contributed by atoms with Crippen molar-refractivity contribution in [1.82, 2.24) is 14.8 Å². The van der Waals surface area contributed by atoms with Crippen LogP contribution in [0, 0.1) is 0 Å². The molecule has 0 unspecified atom stereocenters. The Labute approximate surface area is 220 Å². The van der Waals surface area contributed by atoms with Gasteiger partial charge in [-0.1, -0.05) is 30.3 Å². The molecule has 0 amide bonds. The van der Waals surface area contributed by atoms with Gasteiger partial charge in [0, 0.05) is 12.0 Å². The van der Waals surface area contributed by atoms with Crippen molar-refractivity contribution in [3.05, 3.63) is 87.6 Å². The number of aliphatic hydroxyl groups is 1. The van der Waals surface area contributed by atoms with Crippen molar-refractivity contribution in [2.45, 2.75) is 68.4 Å². The lowest BCUT2D eigenvalue weighted by molar-refractivity contribution is -0.143. The number of hydrogen-bond donors (Lipinski definition) is 2. The minimum Gasteiger partial charge on any atom is -0.396 e. The van der Waals surface area contributed by atoms with Gasteiger partial charge < -0.3 is 9.84 Å². The predicted molar refractivity (Wildman–Crippen MR) is 130 cm³/mol. The zero-order valence-electron chi connectivity index (χ0n) is 21.1. The number of hydrogen-bond acceptors (Lipinski definition) is 4. The summed E-state index contributed by atoms with van der Waals surface area (Å²) in [5.74, 6) is 0. The Morgan fingerprint density at radius 2 is 1.59 bits per heavy atom. The Morgan fingerprint density at radius 3 is 2.08 bits per heavy atom. The summed E-state index contributed by atoms with van der Waals surface area (Å²) in [6, 6.07) is 10.8. The number of aliphatic hydroxyl groups excluding tert-OH is 1. The number of halogens is 6. The van der Waals surface area contributed by atoms with Crippen LogP contribution in [0.1, 0.15) is 67.4 Å². The third kappa shape index (κ3) is 6.06. The van der Waals surface area contributed by atoms with E-state index in [-0.39, 0.29) is 24.8 Å². The molecule has 212 valence electrons. The highest BCUT2D eigenvalue weighted by Gasteiger charge is 2.46. The van der Waals surface area contributed by atoms with Crippen LogP contribution in [0.5, 0.6) is 0 Å². The first-order valence-corrected chi connectivity index (χ1v) is 12.5. The van der Waals surface area contributed by atoms with E-state index in [1.807, 2.05) is 30.3 Å². The number of aromatic nitrogens is 3. The topological polar surface area (TPSA) is 80.1 Å². The Kier molecular flexibility index (Phi) is 8.00. The van der Waals surface area contributed by atoms with Crippen LogP contribution in [-0.4, -0.2) is 33.1 Å². The number of aromatic amines is 1. The Balaban J connectivity index is 1.63. The summed E-state index contributed by atoms with van der Waals surface area (Å²) in [6.45, 7) is 1.31. The molecule has 0 radical (unpaired) electrons. The van der Waals surface area contributed by atoms with E-state index in [2.05, 4.69) is 10.2 Å². The fourth-order valence-electron chi connectivity index (χ4n) is 5.50. The lowest BCUT2D eigenvalue weighted by atomic mass is 9.63. The van der Waals surface area contributed by atoms with Crippen molar-refractivity contribution in [3.63, 3.8) is 0 Å². The second-order valence-corrected chi connectivity index (χ2v) is 10.2. The van der Waals surface area contributed by atoms with Gasteiger partial charge in [-0.2, -0.15) is 31.4 Å². The van der Waals surface area contributed by atoms with E-state index in [4.69, 9.17) is 4.74 Å². The summed E-state index contributed by atoms with van der Waals surface area (Å²) >= 11 is 0. The minimum absolute atomic E-state index is 0.0330. The highest BCUT2D eigenvalue weighted by molar-refractivity contribution is 5.35. The largest absolute Gasteiger partial charge is 0.416 e. The second-order valence-electron chi connectivity index (χ2n) is 10.2. The van der Waals surface area contributed by atoms with E-state index in [0.717, 1.165) is 5.56 Å². The van der Waals surface area contributed by atoms with E-state index < -0.39 is 46.2 Å². The van der Waals surface area contributed by atoms with Crippen molar-refractivity contribution in [3.8, 4) is 0 Å². The van der Waals surface area contributed by atoms with E-state index in [1.165, 1.54) is 17.8 Å². The van der Waals surface area contributed by atoms with Crippen molar-refractivity contribution >= 4 is 0 Å². The predicted octanol–water partition coefficient (Wildman–Crippen LogP) is 5.98. The average Bonchev–Trinajstić information content (AvgIpc) is 3.34. The zero-order chi connectivity index (χ0) is 28.5. The van der Waals surface area contributed by atoms with Crippen LogP contribution in [-0.2, 0) is 28.0 Å². The number of alkyl halides is 6. The van der Waals surface area contributed by atoms with E-state index in [0.29, 0.717) is 44.2 Å². The molecular formula is C27H29F6N3O3. The first kappa shape index (κ1) is 28.9. The highest BCUT2D eigenvalue weighted by atomic mass is 19.4. The molecule has 1 heterocycles. The van der Waals surface area contributed by atoms with Gasteiger partial charge in [-0.3, -0.25) is 4.57 Å². The molecule has 3 aromatic rings. The van der Waals surface area contributed by atoms with Crippen LogP contribution in [0.15, 0.2) is 59.7 Å². The first-order valence-electron chi connectivity index (χ1n) is 12.5. The Morgan fingerprint density at radius 1 is 1.00 bits per heavy atom. The quantitative estimate of drug-likeness (QED) is 0.334. The molecule has 12 heteroatoms. The Hall–Kier alpha value is -3.12. The molecule has 4 rings (SSSR count). The summed E-state index contributed by atoms with van der Waals surface area (Å²) in [5, 5.41) is 16.0. The number of nitrogens with one attached hydrogen (secondary N) is 1. The molecule has 6 nitrogen and oxygen atoms in total. The van der Waals surface area contributed by atoms with Crippen LogP contribution in [0.3, 0.4) is 0 Å². The monoisotopic (exact) mass is 557 g/mol. The fourth-order valence-corrected chi connectivity index (χ4v) is 5.50. The molecular weight excluding hydrogens is 528 g/mol. The molecule has 2 aromatic carbocycles. The van der Waals surface area contributed by atoms with Gasteiger partial charge in [0.2, 0.25) is 0 Å². The van der Waals surface area contributed by atoms with E-state index >= 15 is 0 Å². The first-order chi connectivity index (χ1) is 18.3. The van der Waals surface area contributed by atoms with Crippen LogP contribution >= 0.6 is 0 Å². The summed E-state index contributed by atoms with van der Waals surface area (Å²) in [6.07, 6.45) is -7.30. The summed E-state index contributed by atoms with van der Waals surface area (Å²) in [5.41, 5.74) is -3.80. The molecule has 1 fully saturated rings. The summed E-state index contributed by atoms with van der Waals surface area (Å²) in [7, 11) is 0. The number of nitrogens with zero attached hydrogens (tertiary/aromatic N) is 2. The zero-order valence-corrected chi connectivity index (χ0v) is 21.1. The van der Waals surface area contributed by atoms with Crippen molar-refractivity contribution in [1.29, 1.82) is 0 Å². The maximum Gasteiger partial charge on any atom is 0.416 e. The molecule has 1 saturated carbocycles. The minimum atomic E-state index is -4.95. The van der Waals surface area contributed by atoms with Crippen LogP contribution < -0.4 is 5.69 Å². The molecule has 1 aromatic heterocycles. The third-order valence-electron chi connectivity index (χ3n) is 7.85. The number of H-pyrrole nitrogens is 1. The molecule has 39 heavy (non-hydrogen) atoms. The van der Waals surface area contributed by atoms with Crippen molar-refractivity contribution < 1.29 is 36.2 Å². The molecule has 1 atom stereocenters. The average molecular weight is 558 g/mol. The number of benzene rings is 2. The molecule has 1 aliphatic rings. The van der Waals surface area contributed by atoms with Crippen molar-refractivity contribution in [2.24, 2.45) is 0 Å². The molecule has 0 spiro atoms.